The van der Waals surface area contributed by atoms with Crippen LogP contribution in [0.25, 0.3) is 21.8 Å². The molecule has 6 nitrogen and oxygen atoms in total. The fourth-order valence-corrected chi connectivity index (χ4v) is 5.45. The molecule has 0 bridgehead atoms. The van der Waals surface area contributed by atoms with Crippen molar-refractivity contribution >= 4 is 39.3 Å². The van der Waals surface area contributed by atoms with Gasteiger partial charge in [-0.05, 0) is 55.2 Å². The van der Waals surface area contributed by atoms with E-state index in [1.165, 1.54) is 26.2 Å². The highest BCUT2D eigenvalue weighted by molar-refractivity contribution is 6.20. The highest BCUT2D eigenvalue weighted by Gasteiger charge is 2.27. The van der Waals surface area contributed by atoms with Crippen LogP contribution in [-0.2, 0) is 16.2 Å². The minimum Gasteiger partial charge on any atom is -0.486 e. The Morgan fingerprint density at radius 2 is 1.87 bits per heavy atom. The Kier molecular flexibility index (Phi) is 7.32. The first kappa shape index (κ1) is 25.7. The molecule has 196 valence electrons. The molecular weight excluding hydrogens is 476 g/mol. The van der Waals surface area contributed by atoms with Crippen LogP contribution in [-0.4, -0.2) is 28.6 Å². The van der Waals surface area contributed by atoms with Crippen LogP contribution in [0.3, 0.4) is 0 Å². The Bertz CT molecular complexity index is 1560. The summed E-state index contributed by atoms with van der Waals surface area (Å²) in [5.74, 6) is 0.808. The lowest BCUT2D eigenvalue weighted by Crippen LogP contribution is -2.10. The maximum absolute atomic E-state index is 13.5. The predicted molar refractivity (Wildman–Crippen MR) is 151 cm³/mol. The number of ketones is 1. The number of rotatable bonds is 9. The van der Waals surface area contributed by atoms with Gasteiger partial charge in [0.15, 0.2) is 5.78 Å². The second-order valence-electron chi connectivity index (χ2n) is 10.1. The van der Waals surface area contributed by atoms with Gasteiger partial charge in [-0.1, -0.05) is 62.5 Å². The van der Waals surface area contributed by atoms with Gasteiger partial charge in [-0.25, -0.2) is 4.79 Å². The van der Waals surface area contributed by atoms with Gasteiger partial charge in [0, 0.05) is 41.1 Å². The molecule has 1 aromatic heterocycles. The van der Waals surface area contributed by atoms with Crippen molar-refractivity contribution < 1.29 is 19.2 Å². The Morgan fingerprint density at radius 1 is 1.08 bits per heavy atom. The van der Waals surface area contributed by atoms with E-state index in [1.807, 2.05) is 49.4 Å². The number of carbonyl (C=O) groups excluding carboxylic acids is 2. The molecule has 0 amide bonds. The SMILES string of the molecule is CCCCC(CC)Cn1c2ccc(C(=O)c3ccccc3C)cc2c2c3c(ccc21)/C(=N/OC(C)=O)CO3. The fourth-order valence-electron chi connectivity index (χ4n) is 5.45. The fraction of sp³-hybridized carbons (Fsp3) is 0.344. The van der Waals surface area contributed by atoms with E-state index in [2.05, 4.69) is 35.7 Å². The van der Waals surface area contributed by atoms with E-state index in [4.69, 9.17) is 9.57 Å². The van der Waals surface area contributed by atoms with Crippen molar-refractivity contribution in [2.45, 2.75) is 59.9 Å². The van der Waals surface area contributed by atoms with Gasteiger partial charge >= 0.3 is 5.97 Å². The zero-order valence-corrected chi connectivity index (χ0v) is 22.5. The molecule has 0 aliphatic carbocycles. The number of nitrogens with zero attached hydrogens (tertiary/aromatic N) is 2. The number of carbonyl (C=O) groups is 2. The van der Waals surface area contributed by atoms with Crippen LogP contribution in [0.15, 0.2) is 59.8 Å². The molecule has 5 rings (SSSR count). The van der Waals surface area contributed by atoms with Crippen LogP contribution < -0.4 is 4.74 Å². The number of benzene rings is 3. The lowest BCUT2D eigenvalue weighted by Gasteiger charge is -2.17. The molecular formula is C32H34N2O4. The summed E-state index contributed by atoms with van der Waals surface area (Å²) < 4.78 is 8.53. The molecule has 3 aromatic carbocycles. The summed E-state index contributed by atoms with van der Waals surface area (Å²) in [7, 11) is 0. The summed E-state index contributed by atoms with van der Waals surface area (Å²) in [5.41, 5.74) is 5.86. The molecule has 0 radical (unpaired) electrons. The summed E-state index contributed by atoms with van der Waals surface area (Å²) in [6, 6.07) is 17.8. The third-order valence-corrected chi connectivity index (χ3v) is 7.57. The van der Waals surface area contributed by atoms with Crippen molar-refractivity contribution in [1.29, 1.82) is 0 Å². The van der Waals surface area contributed by atoms with Crippen molar-refractivity contribution in [1.82, 2.24) is 4.57 Å². The number of hydrogen-bond donors (Lipinski definition) is 0. The normalized spacial score (nSPS) is 14.6. The second-order valence-corrected chi connectivity index (χ2v) is 10.1. The van der Waals surface area contributed by atoms with Gasteiger partial charge in [0.1, 0.15) is 18.1 Å². The van der Waals surface area contributed by atoms with Crippen LogP contribution >= 0.6 is 0 Å². The van der Waals surface area contributed by atoms with Gasteiger partial charge in [-0.2, -0.15) is 0 Å². The van der Waals surface area contributed by atoms with Crippen LogP contribution in [0.2, 0.25) is 0 Å². The zero-order valence-electron chi connectivity index (χ0n) is 22.5. The molecule has 38 heavy (non-hydrogen) atoms. The first-order valence-electron chi connectivity index (χ1n) is 13.5. The van der Waals surface area contributed by atoms with E-state index in [0.29, 0.717) is 22.8 Å². The highest BCUT2D eigenvalue weighted by atomic mass is 16.7. The summed E-state index contributed by atoms with van der Waals surface area (Å²) >= 11 is 0. The van der Waals surface area contributed by atoms with E-state index in [0.717, 1.165) is 51.6 Å². The third-order valence-electron chi connectivity index (χ3n) is 7.57. The number of hydrogen-bond acceptors (Lipinski definition) is 5. The predicted octanol–water partition coefficient (Wildman–Crippen LogP) is 7.21. The van der Waals surface area contributed by atoms with Crippen LogP contribution in [0.1, 0.15) is 73.5 Å². The highest BCUT2D eigenvalue weighted by Crippen LogP contribution is 2.42. The number of fused-ring (bicyclic) bond motifs is 5. The van der Waals surface area contributed by atoms with E-state index in [1.54, 1.807) is 0 Å². The molecule has 0 saturated heterocycles. The number of aryl methyl sites for hydroxylation is 1. The number of aromatic nitrogens is 1. The first-order valence-corrected chi connectivity index (χ1v) is 13.5. The van der Waals surface area contributed by atoms with Crippen molar-refractivity contribution in [3.05, 3.63) is 76.9 Å². The van der Waals surface area contributed by atoms with Gasteiger partial charge in [-0.3, -0.25) is 4.79 Å². The minimum absolute atomic E-state index is 0.00545. The van der Waals surface area contributed by atoms with E-state index >= 15 is 0 Å². The van der Waals surface area contributed by atoms with Crippen LogP contribution in [0.5, 0.6) is 5.75 Å². The van der Waals surface area contributed by atoms with E-state index < -0.39 is 5.97 Å². The Morgan fingerprint density at radius 3 is 2.61 bits per heavy atom. The van der Waals surface area contributed by atoms with Crippen LogP contribution in [0, 0.1) is 12.8 Å². The molecule has 6 heteroatoms. The average Bonchev–Trinajstić information content (AvgIpc) is 3.48. The Labute approximate surface area is 223 Å². The molecule has 1 unspecified atom stereocenters. The monoisotopic (exact) mass is 510 g/mol. The second kappa shape index (κ2) is 10.8. The van der Waals surface area contributed by atoms with E-state index in [9.17, 15) is 9.59 Å². The lowest BCUT2D eigenvalue weighted by molar-refractivity contribution is -0.140. The van der Waals surface area contributed by atoms with Crippen molar-refractivity contribution in [2.24, 2.45) is 11.1 Å². The number of oxime groups is 1. The summed E-state index contributed by atoms with van der Waals surface area (Å²) in [6.07, 6.45) is 4.67. The molecule has 4 aromatic rings. The lowest BCUT2D eigenvalue weighted by atomic mass is 9.97. The average molecular weight is 511 g/mol. The van der Waals surface area contributed by atoms with Gasteiger partial charge in [0.05, 0.1) is 10.9 Å². The number of unbranched alkanes of at least 4 members (excludes halogenated alkanes) is 1. The van der Waals surface area contributed by atoms with Crippen molar-refractivity contribution in [3.63, 3.8) is 0 Å². The maximum Gasteiger partial charge on any atom is 0.331 e. The smallest absolute Gasteiger partial charge is 0.331 e. The molecule has 2 heterocycles. The molecule has 1 atom stereocenters. The Hall–Kier alpha value is -3.93. The third kappa shape index (κ3) is 4.71. The van der Waals surface area contributed by atoms with Crippen molar-refractivity contribution in [3.8, 4) is 5.75 Å². The van der Waals surface area contributed by atoms with Gasteiger partial charge in [-0.15, -0.1) is 0 Å². The summed E-state index contributed by atoms with van der Waals surface area (Å²) in [6.45, 7) is 8.90. The Balaban J connectivity index is 1.70. The topological polar surface area (TPSA) is 69.9 Å². The standard InChI is InChI=1S/C32H34N2O4/c1-5-7-11-22(6-2)18-34-28-15-13-23(31(36)24-12-9-8-10-20(24)3)17-26(28)30-29(34)16-14-25-27(19-37-32(25)30)33-38-21(4)35/h8-10,12-17,22H,5-7,11,18-19H2,1-4H3/b33-27+. The largest absolute Gasteiger partial charge is 0.486 e. The first-order chi connectivity index (χ1) is 18.4. The quantitative estimate of drug-likeness (QED) is 0.136. The molecule has 0 fully saturated rings. The minimum atomic E-state index is -0.472. The van der Waals surface area contributed by atoms with E-state index in [-0.39, 0.29) is 12.4 Å². The summed E-state index contributed by atoms with van der Waals surface area (Å²) in [5, 5.41) is 5.98. The number of ether oxygens (including phenoxy) is 1. The van der Waals surface area contributed by atoms with Crippen LogP contribution in [0.4, 0.5) is 0 Å². The maximum atomic E-state index is 13.5. The van der Waals surface area contributed by atoms with Crippen molar-refractivity contribution in [2.75, 3.05) is 6.61 Å². The van der Waals surface area contributed by atoms with Gasteiger partial charge in [0.25, 0.3) is 0 Å². The molecule has 1 aliphatic rings. The molecule has 0 saturated carbocycles. The summed E-state index contributed by atoms with van der Waals surface area (Å²) in [4.78, 5) is 29.8. The zero-order chi connectivity index (χ0) is 26.8. The van der Waals surface area contributed by atoms with Gasteiger partial charge < -0.3 is 14.1 Å². The van der Waals surface area contributed by atoms with Gasteiger partial charge in [0.2, 0.25) is 0 Å². The molecule has 0 N–H and O–H groups in total. The molecule has 1 aliphatic heterocycles. The molecule has 0 spiro atoms.